The summed E-state index contributed by atoms with van der Waals surface area (Å²) in [4.78, 5) is 0. The van der Waals surface area contributed by atoms with Crippen molar-refractivity contribution in [2.24, 2.45) is 0 Å². The van der Waals surface area contributed by atoms with E-state index in [0.717, 1.165) is 6.42 Å². The quantitative estimate of drug-likeness (QED) is 0.655. The van der Waals surface area contributed by atoms with Crippen LogP contribution in [-0.2, 0) is 4.74 Å². The van der Waals surface area contributed by atoms with Crippen LogP contribution in [0.15, 0.2) is 0 Å². The van der Waals surface area contributed by atoms with Crippen molar-refractivity contribution in [2.45, 2.75) is 51.0 Å². The molecule has 0 saturated carbocycles. The van der Waals surface area contributed by atoms with E-state index in [4.69, 9.17) is 0 Å². The Balaban J connectivity index is 3.94. The summed E-state index contributed by atoms with van der Waals surface area (Å²) < 4.78 is 76.0. The van der Waals surface area contributed by atoms with Gasteiger partial charge in [0.1, 0.15) is 6.61 Å². The predicted octanol–water partition coefficient (Wildman–Crippen LogP) is 3.67. The van der Waals surface area contributed by atoms with Crippen LogP contribution in [0, 0.1) is 0 Å². The predicted molar refractivity (Wildman–Crippen MR) is 58.9 cm³/mol. The molecular weight excluding hydrogens is 276 g/mol. The van der Waals surface area contributed by atoms with Crippen LogP contribution < -0.4 is 5.32 Å². The van der Waals surface area contributed by atoms with Crippen LogP contribution in [0.1, 0.15) is 32.6 Å². The molecule has 116 valence electrons. The zero-order chi connectivity index (χ0) is 14.9. The van der Waals surface area contributed by atoms with E-state index in [1.807, 2.05) is 6.92 Å². The molecule has 0 bridgehead atoms. The van der Waals surface area contributed by atoms with Crippen LogP contribution in [0.2, 0.25) is 0 Å². The zero-order valence-electron chi connectivity index (χ0n) is 10.7. The van der Waals surface area contributed by atoms with Gasteiger partial charge in [0.15, 0.2) is 0 Å². The molecule has 0 aliphatic heterocycles. The van der Waals surface area contributed by atoms with Gasteiger partial charge in [-0.1, -0.05) is 6.92 Å². The molecule has 0 heterocycles. The number of ether oxygens (including phenoxy) is 1. The molecule has 0 aliphatic rings. The lowest BCUT2D eigenvalue weighted by Crippen LogP contribution is -2.35. The van der Waals surface area contributed by atoms with E-state index in [-0.39, 0.29) is 19.4 Å². The fraction of sp³-hybridized carbons (Fsp3) is 1.00. The number of hydrogen-bond acceptors (Lipinski definition) is 2. The lowest BCUT2D eigenvalue weighted by atomic mass is 10.1. The number of halogens is 6. The minimum absolute atomic E-state index is 0.125. The summed E-state index contributed by atoms with van der Waals surface area (Å²) in [5.41, 5.74) is 0. The highest BCUT2D eigenvalue weighted by molar-refractivity contribution is 4.67. The van der Waals surface area contributed by atoms with Gasteiger partial charge in [-0.3, -0.25) is 0 Å². The Hall–Kier alpha value is -0.500. The molecule has 0 aromatic rings. The van der Waals surface area contributed by atoms with Crippen LogP contribution in [0.5, 0.6) is 0 Å². The van der Waals surface area contributed by atoms with Gasteiger partial charge in [0.2, 0.25) is 0 Å². The molecular formula is C11H19F6NO. The normalized spacial score (nSPS) is 14.7. The maximum atomic E-state index is 12.0. The first-order chi connectivity index (χ1) is 8.64. The molecule has 0 radical (unpaired) electrons. The standard InChI is InChI=1S/C11H19F6NO/c1-2-6-18-9(4-3-5-10(12,13)14)7-19-8-11(15,16)17/h9,18H,2-8H2,1H3. The highest BCUT2D eigenvalue weighted by atomic mass is 19.4. The molecule has 1 unspecified atom stereocenters. The third-order valence-electron chi connectivity index (χ3n) is 2.28. The Morgan fingerprint density at radius 3 is 2.16 bits per heavy atom. The Bertz CT molecular complexity index is 208. The molecule has 0 aromatic heterocycles. The van der Waals surface area contributed by atoms with Gasteiger partial charge in [0, 0.05) is 12.5 Å². The number of hydrogen-bond donors (Lipinski definition) is 1. The first-order valence-electron chi connectivity index (χ1n) is 6.08. The highest BCUT2D eigenvalue weighted by Gasteiger charge is 2.29. The maximum absolute atomic E-state index is 12.0. The molecule has 0 aromatic carbocycles. The third-order valence-corrected chi connectivity index (χ3v) is 2.28. The van der Waals surface area contributed by atoms with Crippen LogP contribution in [0.4, 0.5) is 26.3 Å². The van der Waals surface area contributed by atoms with Gasteiger partial charge in [-0.25, -0.2) is 0 Å². The van der Waals surface area contributed by atoms with E-state index in [2.05, 4.69) is 10.1 Å². The van der Waals surface area contributed by atoms with E-state index in [1.54, 1.807) is 0 Å². The van der Waals surface area contributed by atoms with E-state index in [1.165, 1.54) is 0 Å². The van der Waals surface area contributed by atoms with Crippen LogP contribution in [-0.4, -0.2) is 38.2 Å². The number of rotatable bonds is 9. The SMILES string of the molecule is CCCNC(CCCC(F)(F)F)COCC(F)(F)F. The largest absolute Gasteiger partial charge is 0.411 e. The van der Waals surface area contributed by atoms with Crippen molar-refractivity contribution in [3.63, 3.8) is 0 Å². The summed E-state index contributed by atoms with van der Waals surface area (Å²) >= 11 is 0. The molecule has 0 amide bonds. The average Bonchev–Trinajstić information content (AvgIpc) is 2.21. The molecule has 2 nitrogen and oxygen atoms in total. The molecule has 19 heavy (non-hydrogen) atoms. The second-order valence-electron chi connectivity index (χ2n) is 4.29. The number of nitrogens with one attached hydrogen (secondary N) is 1. The Labute approximate surface area is 108 Å². The fourth-order valence-corrected chi connectivity index (χ4v) is 1.46. The lowest BCUT2D eigenvalue weighted by molar-refractivity contribution is -0.175. The average molecular weight is 295 g/mol. The van der Waals surface area contributed by atoms with Crippen LogP contribution >= 0.6 is 0 Å². The van der Waals surface area contributed by atoms with Gasteiger partial charge in [-0.2, -0.15) is 26.3 Å². The summed E-state index contributed by atoms with van der Waals surface area (Å²) in [5, 5.41) is 2.88. The van der Waals surface area contributed by atoms with Crippen molar-refractivity contribution < 1.29 is 31.1 Å². The van der Waals surface area contributed by atoms with Crippen molar-refractivity contribution in [1.29, 1.82) is 0 Å². The van der Waals surface area contributed by atoms with Crippen molar-refractivity contribution in [3.8, 4) is 0 Å². The van der Waals surface area contributed by atoms with Crippen molar-refractivity contribution in [3.05, 3.63) is 0 Å². The Kier molecular flexibility index (Phi) is 8.40. The molecule has 0 saturated heterocycles. The van der Waals surface area contributed by atoms with Crippen molar-refractivity contribution >= 4 is 0 Å². The highest BCUT2D eigenvalue weighted by Crippen LogP contribution is 2.23. The first kappa shape index (κ1) is 18.5. The third kappa shape index (κ3) is 13.7. The van der Waals surface area contributed by atoms with Gasteiger partial charge in [-0.15, -0.1) is 0 Å². The summed E-state index contributed by atoms with van der Waals surface area (Å²) in [6.45, 7) is 0.774. The van der Waals surface area contributed by atoms with Gasteiger partial charge >= 0.3 is 12.4 Å². The second-order valence-corrected chi connectivity index (χ2v) is 4.29. The molecule has 1 N–H and O–H groups in total. The summed E-state index contributed by atoms with van der Waals surface area (Å²) in [6.07, 6.45) is -8.83. The van der Waals surface area contributed by atoms with E-state index < -0.39 is 31.4 Å². The molecule has 0 fully saturated rings. The van der Waals surface area contributed by atoms with Gasteiger partial charge in [-0.05, 0) is 25.8 Å². The Morgan fingerprint density at radius 1 is 1.05 bits per heavy atom. The minimum Gasteiger partial charge on any atom is -0.370 e. The number of alkyl halides is 6. The molecule has 8 heteroatoms. The minimum atomic E-state index is -4.42. The summed E-state index contributed by atoms with van der Waals surface area (Å²) in [5.74, 6) is 0. The van der Waals surface area contributed by atoms with Crippen LogP contribution in [0.3, 0.4) is 0 Å². The monoisotopic (exact) mass is 295 g/mol. The Morgan fingerprint density at radius 2 is 1.68 bits per heavy atom. The smallest absolute Gasteiger partial charge is 0.370 e. The van der Waals surface area contributed by atoms with Crippen molar-refractivity contribution in [1.82, 2.24) is 5.32 Å². The van der Waals surface area contributed by atoms with E-state index in [9.17, 15) is 26.3 Å². The molecule has 1 atom stereocenters. The molecule has 0 rings (SSSR count). The van der Waals surface area contributed by atoms with E-state index >= 15 is 0 Å². The van der Waals surface area contributed by atoms with Crippen molar-refractivity contribution in [2.75, 3.05) is 19.8 Å². The molecule has 0 aliphatic carbocycles. The summed E-state index contributed by atoms with van der Waals surface area (Å²) in [7, 11) is 0. The molecule has 0 spiro atoms. The fourth-order valence-electron chi connectivity index (χ4n) is 1.46. The van der Waals surface area contributed by atoms with Gasteiger partial charge in [0.25, 0.3) is 0 Å². The lowest BCUT2D eigenvalue weighted by Gasteiger charge is -2.19. The topological polar surface area (TPSA) is 21.3 Å². The first-order valence-corrected chi connectivity index (χ1v) is 6.08. The maximum Gasteiger partial charge on any atom is 0.411 e. The van der Waals surface area contributed by atoms with Gasteiger partial charge in [0.05, 0.1) is 6.61 Å². The van der Waals surface area contributed by atoms with Crippen LogP contribution in [0.25, 0.3) is 0 Å². The summed E-state index contributed by atoms with van der Waals surface area (Å²) in [6, 6.07) is -0.482. The van der Waals surface area contributed by atoms with Gasteiger partial charge < -0.3 is 10.1 Å². The second kappa shape index (κ2) is 8.63. The van der Waals surface area contributed by atoms with E-state index in [0.29, 0.717) is 6.54 Å². The zero-order valence-corrected chi connectivity index (χ0v) is 10.7.